The maximum Gasteiger partial charge on any atom is 0.522 e. The first-order valence-electron chi connectivity index (χ1n) is 11.5. The van der Waals surface area contributed by atoms with Gasteiger partial charge in [-0.25, -0.2) is 0 Å². The fourth-order valence-corrected chi connectivity index (χ4v) is 4.97. The van der Waals surface area contributed by atoms with Crippen LogP contribution < -0.4 is 4.74 Å². The van der Waals surface area contributed by atoms with E-state index in [9.17, 15) is 23.1 Å². The number of aliphatic hydroxyl groups is 1. The molecule has 0 radical (unpaired) electrons. The summed E-state index contributed by atoms with van der Waals surface area (Å²) in [5.41, 5.74) is 0.578. The van der Waals surface area contributed by atoms with Gasteiger partial charge in [0.2, 0.25) is 11.8 Å². The van der Waals surface area contributed by atoms with E-state index in [-0.39, 0.29) is 49.2 Å². The second-order valence-corrected chi connectivity index (χ2v) is 9.74. The Morgan fingerprint density at radius 1 is 1.17 bits per heavy atom. The topological polar surface area (TPSA) is 104 Å². The predicted molar refractivity (Wildman–Crippen MR) is 114 cm³/mol. The number of aliphatic hydroxyl groups excluding tert-OH is 1. The molecule has 2 unspecified atom stereocenters. The normalized spacial score (nSPS) is 30.8. The van der Waals surface area contributed by atoms with Crippen LogP contribution in [0.5, 0.6) is 5.75 Å². The number of aromatic nitrogens is 2. The summed E-state index contributed by atoms with van der Waals surface area (Å²) in [6.07, 6.45) is -5.48. The molecule has 2 fully saturated rings. The van der Waals surface area contributed by atoms with Gasteiger partial charge in [0.1, 0.15) is 11.9 Å². The van der Waals surface area contributed by atoms with Crippen LogP contribution in [0.1, 0.15) is 74.0 Å². The fraction of sp³-hybridized carbons (Fsp3) is 0.609. The lowest BCUT2D eigenvalue weighted by Gasteiger charge is -2.33. The number of halogens is 4. The van der Waals surface area contributed by atoms with Crippen molar-refractivity contribution in [2.24, 2.45) is 5.92 Å². The number of carbonyl (C=O) groups excluding carboxylic acids is 1. The molecule has 8 nitrogen and oxygen atoms in total. The maximum absolute atomic E-state index is 12.8. The number of benzene rings is 1. The summed E-state index contributed by atoms with van der Waals surface area (Å²) in [6.45, 7) is 0.320. The van der Waals surface area contributed by atoms with Gasteiger partial charge in [0.05, 0.1) is 18.8 Å². The van der Waals surface area contributed by atoms with E-state index in [4.69, 9.17) is 25.5 Å². The first kappa shape index (κ1) is 24.5. The summed E-state index contributed by atoms with van der Waals surface area (Å²) in [7, 11) is 0. The van der Waals surface area contributed by atoms with E-state index in [1.165, 1.54) is 0 Å². The molecule has 0 amide bonds. The van der Waals surface area contributed by atoms with Crippen molar-refractivity contribution in [2.45, 2.75) is 75.2 Å². The van der Waals surface area contributed by atoms with E-state index in [0.717, 1.165) is 0 Å². The summed E-state index contributed by atoms with van der Waals surface area (Å²) in [5.74, 6) is 0.667. The van der Waals surface area contributed by atoms with E-state index < -0.39 is 30.8 Å². The van der Waals surface area contributed by atoms with Crippen molar-refractivity contribution in [2.75, 3.05) is 6.61 Å². The fourth-order valence-electron chi connectivity index (χ4n) is 4.79. The first-order chi connectivity index (χ1) is 16.6. The number of nitrogens with zero attached hydrogens (tertiary/aromatic N) is 2. The van der Waals surface area contributed by atoms with Crippen molar-refractivity contribution >= 4 is 17.4 Å². The number of carbonyl (C=O) groups is 1. The minimum absolute atomic E-state index is 0.0135. The van der Waals surface area contributed by atoms with Crippen LogP contribution in [0.3, 0.4) is 0 Å². The Morgan fingerprint density at radius 2 is 1.94 bits per heavy atom. The predicted octanol–water partition coefficient (Wildman–Crippen LogP) is 4.82. The quantitative estimate of drug-likeness (QED) is 0.583. The molecule has 3 heterocycles. The molecule has 1 aliphatic carbocycles. The lowest BCUT2D eigenvalue weighted by atomic mass is 9.82. The number of hydrogen-bond acceptors (Lipinski definition) is 8. The van der Waals surface area contributed by atoms with E-state index >= 15 is 0 Å². The summed E-state index contributed by atoms with van der Waals surface area (Å²) < 4.78 is 58.2. The third-order valence-corrected chi connectivity index (χ3v) is 6.97. The minimum atomic E-state index is -4.65. The Morgan fingerprint density at radius 3 is 2.66 bits per heavy atom. The van der Waals surface area contributed by atoms with Gasteiger partial charge in [-0.2, -0.15) is 0 Å². The van der Waals surface area contributed by atoms with Crippen LogP contribution >= 0.6 is 11.6 Å². The number of fused-ring (bicyclic) bond motifs is 1. The summed E-state index contributed by atoms with van der Waals surface area (Å²) in [4.78, 5) is 12.8. The minimum Gasteiger partial charge on any atom is -0.482 e. The molecule has 190 valence electrons. The van der Waals surface area contributed by atoms with Gasteiger partial charge in [0, 0.05) is 29.3 Å². The summed E-state index contributed by atoms with van der Waals surface area (Å²) in [6, 6.07) is 4.94. The molecule has 0 bridgehead atoms. The van der Waals surface area contributed by atoms with Crippen LogP contribution in [0.15, 0.2) is 22.6 Å². The highest BCUT2D eigenvalue weighted by Crippen LogP contribution is 2.42. The van der Waals surface area contributed by atoms with Crippen molar-refractivity contribution in [3.8, 4) is 5.75 Å². The Labute approximate surface area is 203 Å². The van der Waals surface area contributed by atoms with Crippen LogP contribution in [-0.4, -0.2) is 46.3 Å². The lowest BCUT2D eigenvalue weighted by Crippen LogP contribution is -2.35. The smallest absolute Gasteiger partial charge is 0.482 e. The maximum atomic E-state index is 12.8. The Bertz CT molecular complexity index is 1070. The molecule has 3 aliphatic rings. The van der Waals surface area contributed by atoms with E-state index in [2.05, 4.69) is 14.9 Å². The highest BCUT2D eigenvalue weighted by molar-refractivity contribution is 6.30. The van der Waals surface area contributed by atoms with Crippen LogP contribution in [-0.2, 0) is 14.3 Å². The number of ketones is 1. The van der Waals surface area contributed by atoms with Crippen LogP contribution in [0.2, 0.25) is 5.02 Å². The molecule has 1 N–H and O–H groups in total. The summed E-state index contributed by atoms with van der Waals surface area (Å²) >= 11 is 5.97. The zero-order chi connectivity index (χ0) is 24.7. The average Bonchev–Trinajstić information content (AvgIpc) is 3.26. The molecule has 2 aromatic rings. The largest absolute Gasteiger partial charge is 0.522 e. The van der Waals surface area contributed by atoms with Gasteiger partial charge in [-0.15, -0.1) is 23.4 Å². The molecule has 0 spiro atoms. The number of alkyl halides is 3. The van der Waals surface area contributed by atoms with Gasteiger partial charge in [-0.3, -0.25) is 9.53 Å². The lowest BCUT2D eigenvalue weighted by molar-refractivity contribution is -0.352. The first-order valence-corrected chi connectivity index (χ1v) is 11.9. The van der Waals surface area contributed by atoms with E-state index in [1.807, 2.05) is 0 Å². The van der Waals surface area contributed by atoms with Gasteiger partial charge < -0.3 is 19.0 Å². The molecule has 1 aromatic heterocycles. The molecular weight excluding hydrogens is 493 g/mol. The van der Waals surface area contributed by atoms with Crippen molar-refractivity contribution < 1.29 is 41.7 Å². The molecule has 12 heteroatoms. The molecule has 1 aromatic carbocycles. The molecule has 5 rings (SSSR count). The van der Waals surface area contributed by atoms with E-state index in [0.29, 0.717) is 41.7 Å². The van der Waals surface area contributed by atoms with Gasteiger partial charge in [0.25, 0.3) is 0 Å². The molecule has 4 atom stereocenters. The van der Waals surface area contributed by atoms with Crippen LogP contribution in [0, 0.1) is 5.92 Å². The zero-order valence-corrected chi connectivity index (χ0v) is 19.3. The number of ether oxygens (including phenoxy) is 3. The number of rotatable bonds is 6. The zero-order valence-electron chi connectivity index (χ0n) is 18.5. The molecular formula is C23H24ClF3N2O6. The third kappa shape index (κ3) is 5.63. The van der Waals surface area contributed by atoms with E-state index in [1.54, 1.807) is 18.2 Å². The number of hydrogen-bond donors (Lipinski definition) is 1. The van der Waals surface area contributed by atoms with Crippen molar-refractivity contribution in [3.05, 3.63) is 40.6 Å². The highest BCUT2D eigenvalue weighted by Gasteiger charge is 2.43. The Balaban J connectivity index is 1.09. The highest BCUT2D eigenvalue weighted by atomic mass is 35.5. The van der Waals surface area contributed by atoms with Gasteiger partial charge >= 0.3 is 6.36 Å². The molecule has 35 heavy (non-hydrogen) atoms. The average molecular weight is 517 g/mol. The molecule has 1 saturated heterocycles. The van der Waals surface area contributed by atoms with Gasteiger partial charge in [-0.05, 0) is 49.8 Å². The van der Waals surface area contributed by atoms with Crippen LogP contribution in [0.4, 0.5) is 13.2 Å². The van der Waals surface area contributed by atoms with Gasteiger partial charge in [0.15, 0.2) is 11.9 Å². The van der Waals surface area contributed by atoms with Crippen molar-refractivity contribution in [1.29, 1.82) is 0 Å². The van der Waals surface area contributed by atoms with Crippen molar-refractivity contribution in [1.82, 2.24) is 10.2 Å². The molecule has 1 saturated carbocycles. The SMILES string of the molecule is O=C(C[C@@H]1CC[C@@H](c2nnc(C3CC(OC(F)(F)F)C3)o2)OC1)C1CC(O)c2cc(Cl)ccc2O1. The summed E-state index contributed by atoms with van der Waals surface area (Å²) in [5, 5.41) is 18.9. The van der Waals surface area contributed by atoms with Crippen molar-refractivity contribution in [3.63, 3.8) is 0 Å². The van der Waals surface area contributed by atoms with Crippen LogP contribution in [0.25, 0.3) is 0 Å². The van der Waals surface area contributed by atoms with Gasteiger partial charge in [-0.1, -0.05) is 11.6 Å². The monoisotopic (exact) mass is 516 g/mol. The number of Topliss-reactive ketones (excluding diaryl/α,β-unsaturated/α-hetero) is 1. The molecule has 2 aliphatic heterocycles. The standard InChI is InChI=1S/C23H24ClF3N2O6/c24-13-2-4-18-15(8-13)16(30)9-20(33-18)17(31)5-11-1-3-19(32-10-11)22-29-28-21(34-22)12-6-14(7-12)35-23(25,26)27/h2,4,8,11-12,14,16,19-20,30H,1,3,5-7,9-10H2/t11-,12?,14?,16?,19-,20?/m0/s1. The third-order valence-electron chi connectivity index (χ3n) is 6.73. The Kier molecular flexibility index (Phi) is 6.77. The Hall–Kier alpha value is -2.21. The second-order valence-electron chi connectivity index (χ2n) is 9.31. The second kappa shape index (κ2) is 9.68.